The van der Waals surface area contributed by atoms with Crippen molar-refractivity contribution in [3.05, 3.63) is 30.5 Å². The first-order valence-corrected chi connectivity index (χ1v) is 7.56. The predicted molar refractivity (Wildman–Crippen MR) is 89.4 cm³/mol. The molecule has 2 heterocycles. The highest BCUT2D eigenvalue weighted by Crippen LogP contribution is 2.18. The van der Waals surface area contributed by atoms with Crippen LogP contribution in [0.2, 0.25) is 0 Å². The lowest BCUT2D eigenvalue weighted by Gasteiger charge is -2.06. The highest BCUT2D eigenvalue weighted by atomic mass is 16.5. The van der Waals surface area contributed by atoms with Crippen molar-refractivity contribution in [2.75, 3.05) is 38.7 Å². The summed E-state index contributed by atoms with van der Waals surface area (Å²) in [6.07, 6.45) is 1.64. The summed E-state index contributed by atoms with van der Waals surface area (Å²) in [6.45, 7) is 2.18. The van der Waals surface area contributed by atoms with Crippen molar-refractivity contribution >= 4 is 17.1 Å². The maximum absolute atomic E-state index is 5.37. The molecule has 3 aromatic rings. The number of hydrogen-bond acceptors (Lipinski definition) is 8. The normalized spacial score (nSPS) is 10.9. The Morgan fingerprint density at radius 1 is 1.21 bits per heavy atom. The highest BCUT2D eigenvalue weighted by molar-refractivity contribution is 5.71. The lowest BCUT2D eigenvalue weighted by atomic mass is 10.3. The molecule has 2 aromatic heterocycles. The molecular weight excluding hydrogens is 310 g/mol. The fourth-order valence-corrected chi connectivity index (χ4v) is 2.13. The van der Waals surface area contributed by atoms with Crippen LogP contribution in [0.4, 0.5) is 5.95 Å². The molecule has 0 atom stereocenters. The minimum absolute atomic E-state index is 0.496. The summed E-state index contributed by atoms with van der Waals surface area (Å²) in [5, 5.41) is 11.3. The van der Waals surface area contributed by atoms with Gasteiger partial charge in [0.15, 0.2) is 11.2 Å². The molecule has 0 saturated heterocycles. The fourth-order valence-electron chi connectivity index (χ4n) is 2.13. The van der Waals surface area contributed by atoms with E-state index >= 15 is 0 Å². The van der Waals surface area contributed by atoms with Crippen molar-refractivity contribution in [2.24, 2.45) is 5.73 Å². The maximum atomic E-state index is 5.37. The summed E-state index contributed by atoms with van der Waals surface area (Å²) >= 11 is 0. The molecule has 126 valence electrons. The number of nitrogens with zero attached hydrogens (tertiary/aromatic N) is 5. The van der Waals surface area contributed by atoms with E-state index in [4.69, 9.17) is 15.2 Å². The van der Waals surface area contributed by atoms with Crippen molar-refractivity contribution in [3.63, 3.8) is 0 Å². The predicted octanol–water partition coefficient (Wildman–Crippen LogP) is 0.606. The third-order valence-corrected chi connectivity index (χ3v) is 3.30. The van der Waals surface area contributed by atoms with E-state index in [-0.39, 0.29) is 0 Å². The molecule has 0 saturated carbocycles. The van der Waals surface area contributed by atoms with Crippen LogP contribution in [0.25, 0.3) is 16.9 Å². The molecule has 0 aliphatic heterocycles. The van der Waals surface area contributed by atoms with Gasteiger partial charge in [0, 0.05) is 13.1 Å². The van der Waals surface area contributed by atoms with Gasteiger partial charge in [0.05, 0.1) is 32.2 Å². The number of fused-ring (bicyclic) bond motifs is 1. The molecule has 0 radical (unpaired) electrons. The number of aromatic nitrogens is 5. The first kappa shape index (κ1) is 16.1. The van der Waals surface area contributed by atoms with E-state index in [2.05, 4.69) is 25.6 Å². The average Bonchev–Trinajstić information content (AvgIpc) is 3.05. The van der Waals surface area contributed by atoms with Crippen molar-refractivity contribution in [1.29, 1.82) is 0 Å². The van der Waals surface area contributed by atoms with Gasteiger partial charge in [-0.1, -0.05) is 5.21 Å². The molecule has 0 aliphatic carbocycles. The van der Waals surface area contributed by atoms with E-state index < -0.39 is 0 Å². The van der Waals surface area contributed by atoms with E-state index in [1.165, 1.54) is 0 Å². The molecule has 0 fully saturated rings. The lowest BCUT2D eigenvalue weighted by Crippen LogP contribution is -2.15. The summed E-state index contributed by atoms with van der Waals surface area (Å²) in [7, 11) is 1.63. The van der Waals surface area contributed by atoms with E-state index in [1.807, 2.05) is 24.3 Å². The van der Waals surface area contributed by atoms with E-state index in [1.54, 1.807) is 18.0 Å². The number of rotatable bonds is 8. The fraction of sp³-hybridized carbons (Fsp3) is 0.333. The van der Waals surface area contributed by atoms with E-state index in [0.717, 1.165) is 11.4 Å². The Morgan fingerprint density at radius 3 is 2.79 bits per heavy atom. The Hall–Kier alpha value is -2.78. The van der Waals surface area contributed by atoms with Crippen LogP contribution >= 0.6 is 0 Å². The quantitative estimate of drug-likeness (QED) is 0.578. The SMILES string of the molecule is COc1ccc(-n2nnc3cnc(NCCOCCN)nc32)cc1. The third kappa shape index (κ3) is 3.58. The Labute approximate surface area is 138 Å². The highest BCUT2D eigenvalue weighted by Gasteiger charge is 2.10. The van der Waals surface area contributed by atoms with Gasteiger partial charge in [0.2, 0.25) is 5.95 Å². The van der Waals surface area contributed by atoms with Crippen LogP contribution in [0, 0.1) is 0 Å². The number of anilines is 1. The molecule has 0 bridgehead atoms. The van der Waals surface area contributed by atoms with Gasteiger partial charge in [-0.25, -0.2) is 4.98 Å². The molecule has 9 nitrogen and oxygen atoms in total. The van der Waals surface area contributed by atoms with Crippen molar-refractivity contribution in [1.82, 2.24) is 25.0 Å². The Bertz CT molecular complexity index is 788. The molecule has 3 N–H and O–H groups in total. The van der Waals surface area contributed by atoms with Gasteiger partial charge in [0.1, 0.15) is 5.75 Å². The van der Waals surface area contributed by atoms with Gasteiger partial charge in [0.25, 0.3) is 0 Å². The Morgan fingerprint density at radius 2 is 2.04 bits per heavy atom. The summed E-state index contributed by atoms with van der Waals surface area (Å²) in [4.78, 5) is 8.70. The zero-order valence-corrected chi connectivity index (χ0v) is 13.3. The zero-order valence-electron chi connectivity index (χ0n) is 13.3. The zero-order chi connectivity index (χ0) is 16.8. The summed E-state index contributed by atoms with van der Waals surface area (Å²) in [5.41, 5.74) is 7.46. The van der Waals surface area contributed by atoms with Crippen LogP contribution in [-0.4, -0.2) is 58.4 Å². The van der Waals surface area contributed by atoms with Crippen molar-refractivity contribution in [3.8, 4) is 11.4 Å². The second kappa shape index (κ2) is 7.66. The molecule has 0 amide bonds. The number of nitrogens with two attached hydrogens (primary N) is 1. The van der Waals surface area contributed by atoms with Gasteiger partial charge in [-0.05, 0) is 24.3 Å². The van der Waals surface area contributed by atoms with E-state index in [0.29, 0.717) is 43.4 Å². The molecule has 24 heavy (non-hydrogen) atoms. The first-order chi connectivity index (χ1) is 11.8. The van der Waals surface area contributed by atoms with Crippen molar-refractivity contribution < 1.29 is 9.47 Å². The summed E-state index contributed by atoms with van der Waals surface area (Å²) < 4.78 is 12.1. The molecule has 3 rings (SSSR count). The maximum Gasteiger partial charge on any atom is 0.224 e. The number of benzene rings is 1. The van der Waals surface area contributed by atoms with Gasteiger partial charge in [-0.3, -0.25) is 0 Å². The van der Waals surface area contributed by atoms with Gasteiger partial charge < -0.3 is 20.5 Å². The molecular formula is C15H19N7O2. The van der Waals surface area contributed by atoms with Crippen LogP contribution in [0.5, 0.6) is 5.75 Å². The molecule has 9 heteroatoms. The monoisotopic (exact) mass is 329 g/mol. The number of hydrogen-bond donors (Lipinski definition) is 2. The smallest absolute Gasteiger partial charge is 0.224 e. The number of methoxy groups -OCH3 is 1. The first-order valence-electron chi connectivity index (χ1n) is 7.56. The minimum atomic E-state index is 0.496. The molecule has 1 aromatic carbocycles. The largest absolute Gasteiger partial charge is 0.497 e. The van der Waals surface area contributed by atoms with E-state index in [9.17, 15) is 0 Å². The average molecular weight is 329 g/mol. The molecule has 0 aliphatic rings. The van der Waals surface area contributed by atoms with Crippen LogP contribution in [0.3, 0.4) is 0 Å². The van der Waals surface area contributed by atoms with Crippen molar-refractivity contribution in [2.45, 2.75) is 0 Å². The Balaban J connectivity index is 1.78. The third-order valence-electron chi connectivity index (χ3n) is 3.30. The second-order valence-corrected chi connectivity index (χ2v) is 4.93. The van der Waals surface area contributed by atoms with Crippen LogP contribution < -0.4 is 15.8 Å². The van der Waals surface area contributed by atoms with Crippen LogP contribution in [-0.2, 0) is 4.74 Å². The Kier molecular flexibility index (Phi) is 5.14. The minimum Gasteiger partial charge on any atom is -0.497 e. The standard InChI is InChI=1S/C15H19N7O2/c1-23-12-4-2-11(3-5-12)22-14-13(20-21-22)10-18-15(19-14)17-7-9-24-8-6-16/h2-5,10H,6-9,16H2,1H3,(H,17,18,19). The second-order valence-electron chi connectivity index (χ2n) is 4.93. The number of ether oxygens (including phenoxy) is 2. The summed E-state index contributed by atoms with van der Waals surface area (Å²) in [6, 6.07) is 7.50. The van der Waals surface area contributed by atoms with Crippen LogP contribution in [0.15, 0.2) is 30.5 Å². The summed E-state index contributed by atoms with van der Waals surface area (Å²) in [5.74, 6) is 1.27. The van der Waals surface area contributed by atoms with Gasteiger partial charge >= 0.3 is 0 Å². The topological polar surface area (TPSA) is 113 Å². The molecule has 0 spiro atoms. The van der Waals surface area contributed by atoms with Gasteiger partial charge in [-0.15, -0.1) is 5.10 Å². The van der Waals surface area contributed by atoms with Crippen LogP contribution in [0.1, 0.15) is 0 Å². The molecule has 0 unspecified atom stereocenters. The van der Waals surface area contributed by atoms with Gasteiger partial charge in [-0.2, -0.15) is 9.67 Å². The number of nitrogens with one attached hydrogen (secondary N) is 1. The lowest BCUT2D eigenvalue weighted by molar-refractivity contribution is 0.151.